The Morgan fingerprint density at radius 1 is 1.23 bits per heavy atom. The molecule has 0 spiro atoms. The topological polar surface area (TPSA) is 115 Å². The van der Waals surface area contributed by atoms with Crippen LogP contribution in [0.1, 0.15) is 0 Å². The molecule has 3 aromatic rings. The molecule has 0 saturated carbocycles. The summed E-state index contributed by atoms with van der Waals surface area (Å²) in [7, 11) is -3.30. The predicted molar refractivity (Wildman–Crippen MR) is 76.9 cm³/mol. The van der Waals surface area contributed by atoms with Crippen LogP contribution in [0.3, 0.4) is 0 Å². The van der Waals surface area contributed by atoms with E-state index in [0.717, 1.165) is 12.1 Å². The first-order chi connectivity index (χ1) is 10.4. The van der Waals surface area contributed by atoms with Crippen molar-refractivity contribution in [2.75, 3.05) is 7.11 Å². The molecule has 0 bridgehead atoms. The fourth-order valence-corrected chi connectivity index (χ4v) is 2.77. The van der Waals surface area contributed by atoms with Gasteiger partial charge in [-0.05, 0) is 18.2 Å². The highest BCUT2D eigenvalue weighted by molar-refractivity contribution is 7.86. The normalized spacial score (nSPS) is 11.7. The Morgan fingerprint density at radius 2 is 1.95 bits per heavy atom. The van der Waals surface area contributed by atoms with Gasteiger partial charge in [-0.2, -0.15) is 8.42 Å². The summed E-state index contributed by atoms with van der Waals surface area (Å²) in [5.74, 6) is -0.437. The number of aromatic hydroxyl groups is 1. The quantitative estimate of drug-likeness (QED) is 0.700. The minimum Gasteiger partial charge on any atom is -0.506 e. The Balaban J connectivity index is 2.32. The fraction of sp³-hybridized carbons (Fsp3) is 0.0769. The highest BCUT2D eigenvalue weighted by Crippen LogP contribution is 2.34. The maximum Gasteiger partial charge on any atom is 0.298 e. The molecule has 2 N–H and O–H groups in total. The Morgan fingerprint density at radius 3 is 2.64 bits per heavy atom. The second-order valence-electron chi connectivity index (χ2n) is 4.46. The smallest absolute Gasteiger partial charge is 0.298 e. The van der Waals surface area contributed by atoms with Gasteiger partial charge in [-0.15, -0.1) is 5.10 Å². The number of hydrogen-bond donors (Lipinski definition) is 2. The van der Waals surface area contributed by atoms with Crippen molar-refractivity contribution in [3.05, 3.63) is 36.4 Å². The molecule has 8 nitrogen and oxygen atoms in total. The van der Waals surface area contributed by atoms with Gasteiger partial charge in [0.15, 0.2) is 0 Å². The number of phenols is 1. The maximum atomic E-state index is 11.5. The summed E-state index contributed by atoms with van der Waals surface area (Å²) in [4.78, 5) is -0.470. The third kappa shape index (κ3) is 2.26. The second kappa shape index (κ2) is 4.97. The Labute approximate surface area is 125 Å². The molecular formula is C13H11N3O5S. The van der Waals surface area contributed by atoms with Gasteiger partial charge in [-0.3, -0.25) is 4.55 Å². The van der Waals surface area contributed by atoms with Crippen LogP contribution in [0.15, 0.2) is 41.3 Å². The van der Waals surface area contributed by atoms with Gasteiger partial charge in [0, 0.05) is 6.07 Å². The van der Waals surface area contributed by atoms with E-state index in [-0.39, 0.29) is 17.2 Å². The molecule has 0 aliphatic heterocycles. The second-order valence-corrected chi connectivity index (χ2v) is 5.85. The number of rotatable bonds is 3. The van der Waals surface area contributed by atoms with E-state index in [4.69, 9.17) is 4.74 Å². The summed E-state index contributed by atoms with van der Waals surface area (Å²) in [6.07, 6.45) is 0. The van der Waals surface area contributed by atoms with Crippen molar-refractivity contribution in [1.82, 2.24) is 15.0 Å². The number of ether oxygens (including phenoxy) is 1. The Hall–Kier alpha value is -2.65. The summed E-state index contributed by atoms with van der Waals surface area (Å²) >= 11 is 0. The maximum absolute atomic E-state index is 11.5. The lowest BCUT2D eigenvalue weighted by atomic mass is 10.2. The minimum absolute atomic E-state index is 0.0575. The van der Waals surface area contributed by atoms with Crippen LogP contribution in [0, 0.1) is 0 Å². The van der Waals surface area contributed by atoms with E-state index in [9.17, 15) is 18.1 Å². The first kappa shape index (κ1) is 14.3. The molecular weight excluding hydrogens is 310 g/mol. The largest absolute Gasteiger partial charge is 0.506 e. The van der Waals surface area contributed by atoms with Crippen molar-refractivity contribution in [1.29, 1.82) is 0 Å². The number of phenolic OH excluding ortho intramolecular Hbond substituents is 1. The number of fused-ring (bicyclic) bond motifs is 1. The number of methoxy groups -OCH3 is 1. The molecule has 1 heterocycles. The van der Waals surface area contributed by atoms with E-state index in [0.29, 0.717) is 11.0 Å². The average Bonchev–Trinajstić information content (AvgIpc) is 2.89. The lowest BCUT2D eigenvalue weighted by Gasteiger charge is -2.11. The summed E-state index contributed by atoms with van der Waals surface area (Å²) < 4.78 is 38.4. The van der Waals surface area contributed by atoms with Crippen molar-refractivity contribution in [3.63, 3.8) is 0 Å². The van der Waals surface area contributed by atoms with Crippen molar-refractivity contribution in [2.45, 2.75) is 4.90 Å². The van der Waals surface area contributed by atoms with Crippen molar-refractivity contribution < 1.29 is 22.8 Å². The molecule has 0 atom stereocenters. The molecule has 0 unspecified atom stereocenters. The number of benzene rings is 2. The molecule has 2 aromatic carbocycles. The number of aromatic nitrogens is 3. The third-order valence-electron chi connectivity index (χ3n) is 3.12. The first-order valence-corrected chi connectivity index (χ1v) is 7.55. The van der Waals surface area contributed by atoms with Crippen LogP contribution in [-0.2, 0) is 10.1 Å². The van der Waals surface area contributed by atoms with Crippen LogP contribution in [-0.4, -0.2) is 40.2 Å². The first-order valence-electron chi connectivity index (χ1n) is 6.11. The van der Waals surface area contributed by atoms with Gasteiger partial charge in [0.05, 0.1) is 12.6 Å². The zero-order valence-electron chi connectivity index (χ0n) is 11.3. The van der Waals surface area contributed by atoms with Crippen molar-refractivity contribution in [3.8, 4) is 17.2 Å². The molecule has 0 aliphatic carbocycles. The highest BCUT2D eigenvalue weighted by atomic mass is 32.2. The van der Waals surface area contributed by atoms with Crippen LogP contribution in [0.5, 0.6) is 11.5 Å². The zero-order valence-corrected chi connectivity index (χ0v) is 12.1. The van der Waals surface area contributed by atoms with E-state index < -0.39 is 15.0 Å². The van der Waals surface area contributed by atoms with Crippen LogP contribution >= 0.6 is 0 Å². The Bertz CT molecular complexity index is 965. The van der Waals surface area contributed by atoms with E-state index in [1.54, 1.807) is 24.3 Å². The van der Waals surface area contributed by atoms with Gasteiger partial charge in [0.2, 0.25) is 0 Å². The van der Waals surface area contributed by atoms with Gasteiger partial charge in [0.1, 0.15) is 27.6 Å². The summed E-state index contributed by atoms with van der Waals surface area (Å²) in [5.41, 5.74) is 1.21. The van der Waals surface area contributed by atoms with Gasteiger partial charge in [0.25, 0.3) is 10.1 Å². The van der Waals surface area contributed by atoms with E-state index in [1.807, 2.05) is 0 Å². The van der Waals surface area contributed by atoms with Crippen molar-refractivity contribution in [2.24, 2.45) is 0 Å². The summed E-state index contributed by atoms with van der Waals surface area (Å²) in [5, 5.41) is 17.9. The number of nitrogens with zero attached hydrogens (tertiary/aromatic N) is 3. The molecule has 0 aliphatic rings. The summed E-state index contributed by atoms with van der Waals surface area (Å²) in [6, 6.07) is 9.14. The van der Waals surface area contributed by atoms with Crippen LogP contribution in [0.2, 0.25) is 0 Å². The zero-order chi connectivity index (χ0) is 15.9. The molecule has 0 amide bonds. The van der Waals surface area contributed by atoms with E-state index >= 15 is 0 Å². The molecule has 22 heavy (non-hydrogen) atoms. The van der Waals surface area contributed by atoms with Gasteiger partial charge < -0.3 is 9.84 Å². The van der Waals surface area contributed by atoms with E-state index in [2.05, 4.69) is 10.3 Å². The molecule has 0 radical (unpaired) electrons. The fourth-order valence-electron chi connectivity index (χ4n) is 2.12. The Kier molecular flexibility index (Phi) is 3.23. The minimum atomic E-state index is -4.53. The standard InChI is InChI=1S/C13H11N3O5S/c1-21-12-7-11(17)10(6-13(12)22(18,19)20)16-9-5-3-2-4-8(9)14-15-16/h2-7,17H,1H3,(H,18,19,20). The van der Waals surface area contributed by atoms with Crippen LogP contribution in [0.4, 0.5) is 0 Å². The average molecular weight is 321 g/mol. The molecule has 114 valence electrons. The molecule has 0 fully saturated rings. The predicted octanol–water partition coefficient (Wildman–Crippen LogP) is 1.38. The van der Waals surface area contributed by atoms with Crippen LogP contribution < -0.4 is 4.74 Å². The number of hydrogen-bond acceptors (Lipinski definition) is 6. The monoisotopic (exact) mass is 321 g/mol. The highest BCUT2D eigenvalue weighted by Gasteiger charge is 2.21. The van der Waals surface area contributed by atoms with E-state index in [1.165, 1.54) is 11.8 Å². The molecule has 1 aromatic heterocycles. The van der Waals surface area contributed by atoms with Crippen LogP contribution in [0.25, 0.3) is 16.7 Å². The lowest BCUT2D eigenvalue weighted by molar-refractivity contribution is 0.390. The molecule has 9 heteroatoms. The summed E-state index contributed by atoms with van der Waals surface area (Å²) in [6.45, 7) is 0. The van der Waals surface area contributed by atoms with Gasteiger partial charge >= 0.3 is 0 Å². The molecule has 3 rings (SSSR count). The SMILES string of the molecule is COc1cc(O)c(-n2nnc3ccccc32)cc1S(=O)(=O)O. The van der Waals surface area contributed by atoms with Gasteiger partial charge in [-0.25, -0.2) is 4.68 Å². The van der Waals surface area contributed by atoms with Crippen molar-refractivity contribution >= 4 is 21.2 Å². The van der Waals surface area contributed by atoms with Gasteiger partial charge in [-0.1, -0.05) is 17.3 Å². The number of para-hydroxylation sites is 1. The third-order valence-corrected chi connectivity index (χ3v) is 3.99. The molecule has 0 saturated heterocycles. The lowest BCUT2D eigenvalue weighted by Crippen LogP contribution is -2.05.